The average molecular weight is 577 g/mol. The molecule has 10 nitrogen and oxygen atoms in total. The first kappa shape index (κ1) is 28.5. The van der Waals surface area contributed by atoms with E-state index >= 15 is 0 Å². The van der Waals surface area contributed by atoms with Gasteiger partial charge in [0.25, 0.3) is 0 Å². The molecule has 3 N–H and O–H groups in total. The van der Waals surface area contributed by atoms with E-state index in [1.54, 1.807) is 18.0 Å². The van der Waals surface area contributed by atoms with Crippen LogP contribution < -0.4 is 16.0 Å². The van der Waals surface area contributed by atoms with Gasteiger partial charge in [0.1, 0.15) is 12.4 Å². The third-order valence-corrected chi connectivity index (χ3v) is 7.78. The highest BCUT2D eigenvalue weighted by molar-refractivity contribution is 7.22. The molecule has 0 saturated carbocycles. The van der Waals surface area contributed by atoms with Gasteiger partial charge in [-0.25, -0.2) is 19.0 Å². The number of aromatic nitrogens is 1. The predicted molar refractivity (Wildman–Crippen MR) is 148 cm³/mol. The number of anilines is 1. The van der Waals surface area contributed by atoms with Gasteiger partial charge in [-0.2, -0.15) is 0 Å². The maximum Gasteiger partial charge on any atom is 0.413 e. The molecule has 1 aliphatic rings. The Bertz CT molecular complexity index is 1290. The summed E-state index contributed by atoms with van der Waals surface area (Å²) in [5, 5.41) is 8.87. The molecule has 0 spiro atoms. The Kier molecular flexibility index (Phi) is 9.90. The number of urea groups is 1. The second-order valence-electron chi connectivity index (χ2n) is 9.02. The minimum Gasteiger partial charge on any atom is -0.447 e. The fraction of sp³-hybridized carbons (Fsp3) is 0.385. The summed E-state index contributed by atoms with van der Waals surface area (Å²) in [7, 11) is 1.55. The lowest BCUT2D eigenvalue weighted by Crippen LogP contribution is -2.48. The molecule has 1 aliphatic heterocycles. The molecule has 1 saturated heterocycles. The topological polar surface area (TPSA) is 116 Å². The number of amides is 4. The summed E-state index contributed by atoms with van der Waals surface area (Å²) in [4.78, 5) is 45.7. The Morgan fingerprint density at radius 1 is 1.21 bits per heavy atom. The molecule has 13 heteroatoms. The molecule has 0 bridgehead atoms. The molecule has 1 atom stereocenters. The van der Waals surface area contributed by atoms with Gasteiger partial charge in [0.2, 0.25) is 5.91 Å². The van der Waals surface area contributed by atoms with E-state index in [4.69, 9.17) is 16.3 Å². The van der Waals surface area contributed by atoms with Crippen molar-refractivity contribution in [2.24, 2.45) is 0 Å². The van der Waals surface area contributed by atoms with Crippen LogP contribution in [0.3, 0.4) is 0 Å². The Labute approximate surface area is 234 Å². The quantitative estimate of drug-likeness (QED) is 0.354. The van der Waals surface area contributed by atoms with Gasteiger partial charge in [-0.3, -0.25) is 10.1 Å². The predicted octanol–water partition coefficient (Wildman–Crippen LogP) is 4.06. The number of fused-ring (bicyclic) bond motifs is 1. The molecule has 2 aromatic carbocycles. The third-order valence-electron chi connectivity index (χ3n) is 6.40. The van der Waals surface area contributed by atoms with Gasteiger partial charge in [-0.05, 0) is 30.2 Å². The van der Waals surface area contributed by atoms with Crippen LogP contribution in [0.5, 0.6) is 0 Å². The van der Waals surface area contributed by atoms with Crippen molar-refractivity contribution < 1.29 is 23.5 Å². The zero-order valence-electron chi connectivity index (χ0n) is 21.4. The lowest BCUT2D eigenvalue weighted by molar-refractivity contribution is -0.132. The number of hydrogen-bond acceptors (Lipinski definition) is 7. The van der Waals surface area contributed by atoms with Crippen LogP contribution in [-0.2, 0) is 16.1 Å². The fourth-order valence-electron chi connectivity index (χ4n) is 4.12. The molecule has 0 aliphatic carbocycles. The van der Waals surface area contributed by atoms with Gasteiger partial charge < -0.3 is 25.2 Å². The van der Waals surface area contributed by atoms with Gasteiger partial charge in [0, 0.05) is 46.2 Å². The van der Waals surface area contributed by atoms with Gasteiger partial charge in [0.05, 0.1) is 21.3 Å². The van der Waals surface area contributed by atoms with E-state index in [2.05, 4.69) is 20.9 Å². The van der Waals surface area contributed by atoms with Crippen molar-refractivity contribution >= 4 is 56.3 Å². The zero-order chi connectivity index (χ0) is 27.8. The molecule has 1 fully saturated rings. The molecule has 3 aromatic rings. The molecule has 4 rings (SSSR count). The van der Waals surface area contributed by atoms with Crippen molar-refractivity contribution in [2.75, 3.05) is 45.2 Å². The Hall–Kier alpha value is -3.48. The largest absolute Gasteiger partial charge is 0.447 e. The van der Waals surface area contributed by atoms with Crippen molar-refractivity contribution in [1.29, 1.82) is 0 Å². The van der Waals surface area contributed by atoms with Crippen LogP contribution in [-0.4, -0.2) is 78.7 Å². The van der Waals surface area contributed by atoms with Crippen LogP contribution in [0.15, 0.2) is 42.5 Å². The first-order valence-corrected chi connectivity index (χ1v) is 13.7. The second kappa shape index (κ2) is 13.5. The molecule has 1 aromatic heterocycles. The highest BCUT2D eigenvalue weighted by atomic mass is 35.5. The van der Waals surface area contributed by atoms with Crippen LogP contribution >= 0.6 is 22.9 Å². The van der Waals surface area contributed by atoms with Crippen LogP contribution in [0, 0.1) is 5.82 Å². The molecular formula is C26H30ClFN6O4S. The summed E-state index contributed by atoms with van der Waals surface area (Å²) >= 11 is 7.32. The Balaban J connectivity index is 1.36. The lowest BCUT2D eigenvalue weighted by atomic mass is 10.1. The first-order valence-electron chi connectivity index (χ1n) is 12.5. The number of nitrogens with one attached hydrogen (secondary N) is 3. The smallest absolute Gasteiger partial charge is 0.413 e. The second-order valence-corrected chi connectivity index (χ2v) is 10.4. The normalized spacial score (nSPS) is 14.1. The number of halogens is 2. The molecule has 39 heavy (non-hydrogen) atoms. The zero-order valence-corrected chi connectivity index (χ0v) is 23.0. The number of piperazine rings is 1. The summed E-state index contributed by atoms with van der Waals surface area (Å²) in [5.41, 5.74) is 1.19. The first-order chi connectivity index (χ1) is 18.8. The van der Waals surface area contributed by atoms with Crippen LogP contribution in [0.2, 0.25) is 5.02 Å². The fourth-order valence-corrected chi connectivity index (χ4v) is 5.16. The third kappa shape index (κ3) is 7.78. The number of likely N-dealkylation sites (N-methyl/N-ethyl adjacent to an activating group) is 1. The maximum atomic E-state index is 13.8. The minimum absolute atomic E-state index is 0.00510. The number of para-hydroxylation sites is 1. The Morgan fingerprint density at radius 3 is 2.74 bits per heavy atom. The van der Waals surface area contributed by atoms with E-state index in [0.29, 0.717) is 23.8 Å². The molecule has 2 heterocycles. The standard InChI is InChI=1S/C26H30ClFN6O4S/c1-33(25(36)30-15-17-5-4-6-19(28)23(17)27)18(9-10-22(35)34-13-11-29-12-14-34)16-38-26(37)32-24-31-20-7-2-3-8-21(20)39-24/h2-8,18,29H,9-16H2,1H3,(H,30,36)(H,31,32,37). The summed E-state index contributed by atoms with van der Waals surface area (Å²) < 4.78 is 20.1. The van der Waals surface area contributed by atoms with E-state index in [9.17, 15) is 18.8 Å². The molecular weight excluding hydrogens is 547 g/mol. The van der Waals surface area contributed by atoms with Gasteiger partial charge >= 0.3 is 12.1 Å². The number of carbonyl (C=O) groups is 3. The van der Waals surface area contributed by atoms with Gasteiger partial charge in [-0.1, -0.05) is 47.2 Å². The highest BCUT2D eigenvalue weighted by Gasteiger charge is 2.25. The number of ether oxygens (including phenoxy) is 1. The SMILES string of the molecule is CN(C(=O)NCc1cccc(F)c1Cl)C(CCC(=O)N1CCNCC1)COC(=O)Nc1nc2ccccc2s1. The maximum absolute atomic E-state index is 13.8. The van der Waals surface area contributed by atoms with Crippen LogP contribution in [0.4, 0.5) is 19.1 Å². The van der Waals surface area contributed by atoms with Crippen molar-refractivity contribution in [3.8, 4) is 0 Å². The number of rotatable bonds is 9. The summed E-state index contributed by atoms with van der Waals surface area (Å²) in [6.07, 6.45) is -0.254. The molecule has 4 amide bonds. The van der Waals surface area contributed by atoms with Gasteiger partial charge in [0.15, 0.2) is 5.13 Å². The summed E-state index contributed by atoms with van der Waals surface area (Å²) in [6.45, 7) is 2.57. The monoisotopic (exact) mass is 576 g/mol. The average Bonchev–Trinajstić information content (AvgIpc) is 3.36. The summed E-state index contributed by atoms with van der Waals surface area (Å²) in [6, 6.07) is 10.8. The van der Waals surface area contributed by atoms with Crippen molar-refractivity contribution in [3.05, 3.63) is 58.9 Å². The number of nitrogens with zero attached hydrogens (tertiary/aromatic N) is 3. The molecule has 1 unspecified atom stereocenters. The molecule has 208 valence electrons. The minimum atomic E-state index is -0.715. The van der Waals surface area contributed by atoms with E-state index in [1.807, 2.05) is 24.3 Å². The van der Waals surface area contributed by atoms with Gasteiger partial charge in [-0.15, -0.1) is 0 Å². The highest BCUT2D eigenvalue weighted by Crippen LogP contribution is 2.25. The lowest BCUT2D eigenvalue weighted by Gasteiger charge is -2.30. The van der Waals surface area contributed by atoms with Crippen molar-refractivity contribution in [3.63, 3.8) is 0 Å². The molecule has 0 radical (unpaired) electrons. The van der Waals surface area contributed by atoms with E-state index in [-0.39, 0.29) is 36.9 Å². The van der Waals surface area contributed by atoms with E-state index < -0.39 is 24.0 Å². The van der Waals surface area contributed by atoms with E-state index in [1.165, 1.54) is 28.4 Å². The summed E-state index contributed by atoms with van der Waals surface area (Å²) in [5.74, 6) is -0.602. The van der Waals surface area contributed by atoms with Crippen LogP contribution in [0.25, 0.3) is 10.2 Å². The number of benzene rings is 2. The number of thiazole rings is 1. The van der Waals surface area contributed by atoms with E-state index in [0.717, 1.165) is 23.3 Å². The van der Waals surface area contributed by atoms with Crippen LogP contribution in [0.1, 0.15) is 18.4 Å². The number of hydrogen-bond donors (Lipinski definition) is 3. The van der Waals surface area contributed by atoms with Crippen molar-refractivity contribution in [2.45, 2.75) is 25.4 Å². The van der Waals surface area contributed by atoms with Crippen molar-refractivity contribution in [1.82, 2.24) is 25.4 Å². The number of carbonyl (C=O) groups excluding carboxylic acids is 3. The Morgan fingerprint density at radius 2 is 1.97 bits per heavy atom.